The molecule has 0 bridgehead atoms. The van der Waals surface area contributed by atoms with E-state index in [-0.39, 0.29) is 24.3 Å². The number of ether oxygens (including phenoxy) is 1. The second kappa shape index (κ2) is 13.8. The van der Waals surface area contributed by atoms with Gasteiger partial charge in [0.15, 0.2) is 0 Å². The Morgan fingerprint density at radius 3 is 1.76 bits per heavy atom. The Morgan fingerprint density at radius 1 is 0.780 bits per heavy atom. The summed E-state index contributed by atoms with van der Waals surface area (Å²) in [6.07, 6.45) is 6.44. The molecule has 2 aliphatic heterocycles. The molecule has 4 amide bonds. The Bertz CT molecular complexity index is 1290. The van der Waals surface area contributed by atoms with Crippen LogP contribution in [0, 0.1) is 10.8 Å². The van der Waals surface area contributed by atoms with Gasteiger partial charge in [0.2, 0.25) is 11.8 Å². The standard InChI is InChI=1S/C17H19NO4.C16H19NO2/c1-3-12-22-16(21)17(2)10-7-11-18(15(17)20)14(19)13-8-5-4-6-9-13;1-3-10-16(2)11-7-12-17(15(16)19)14(18)13-8-5-4-6-9-13/h3-6,8-9H,1,7,10-12H2,2H3;3-6,8-9H,1,7,10-12H2,2H3/t;16-/m.1/s1. The van der Waals surface area contributed by atoms with E-state index >= 15 is 0 Å². The van der Waals surface area contributed by atoms with E-state index in [1.165, 1.54) is 17.9 Å². The third-order valence-corrected chi connectivity index (χ3v) is 7.56. The van der Waals surface area contributed by atoms with Gasteiger partial charge in [-0.05, 0) is 63.3 Å². The zero-order valence-electron chi connectivity index (χ0n) is 23.8. The van der Waals surface area contributed by atoms with Crippen molar-refractivity contribution in [1.82, 2.24) is 9.80 Å². The van der Waals surface area contributed by atoms with Crippen molar-refractivity contribution in [3.05, 3.63) is 97.1 Å². The molecule has 2 saturated heterocycles. The molecule has 0 aromatic heterocycles. The van der Waals surface area contributed by atoms with Crippen molar-refractivity contribution in [2.24, 2.45) is 10.8 Å². The third kappa shape index (κ3) is 7.06. The lowest BCUT2D eigenvalue weighted by Gasteiger charge is -2.37. The highest BCUT2D eigenvalue weighted by Crippen LogP contribution is 2.35. The quantitative estimate of drug-likeness (QED) is 0.200. The van der Waals surface area contributed by atoms with Gasteiger partial charge in [0.05, 0.1) is 5.41 Å². The number of carbonyl (C=O) groups excluding carboxylic acids is 5. The lowest BCUT2D eigenvalue weighted by atomic mass is 9.78. The van der Waals surface area contributed by atoms with Crippen molar-refractivity contribution in [3.63, 3.8) is 0 Å². The minimum Gasteiger partial charge on any atom is -0.461 e. The van der Waals surface area contributed by atoms with Crippen molar-refractivity contribution in [3.8, 4) is 0 Å². The number of imide groups is 2. The molecule has 2 heterocycles. The monoisotopic (exact) mass is 558 g/mol. The number of allylic oxidation sites excluding steroid dienone is 1. The first-order valence-electron chi connectivity index (χ1n) is 13.8. The number of hydrogen-bond donors (Lipinski definition) is 0. The van der Waals surface area contributed by atoms with E-state index in [2.05, 4.69) is 13.2 Å². The van der Waals surface area contributed by atoms with Gasteiger partial charge in [0.1, 0.15) is 12.0 Å². The Morgan fingerprint density at radius 2 is 1.27 bits per heavy atom. The van der Waals surface area contributed by atoms with Crippen molar-refractivity contribution in [2.75, 3.05) is 19.7 Å². The predicted molar refractivity (Wildman–Crippen MR) is 156 cm³/mol. The minimum absolute atomic E-state index is 0.0499. The highest BCUT2D eigenvalue weighted by atomic mass is 16.5. The molecule has 0 aliphatic carbocycles. The predicted octanol–water partition coefficient (Wildman–Crippen LogP) is 5.22. The van der Waals surface area contributed by atoms with Gasteiger partial charge in [-0.2, -0.15) is 0 Å². The van der Waals surface area contributed by atoms with E-state index in [0.717, 1.165) is 17.7 Å². The van der Waals surface area contributed by atoms with Crippen LogP contribution in [0.3, 0.4) is 0 Å². The topological polar surface area (TPSA) is 101 Å². The van der Waals surface area contributed by atoms with Gasteiger partial charge in [-0.15, -0.1) is 6.58 Å². The van der Waals surface area contributed by atoms with Crippen molar-refractivity contribution < 1.29 is 28.7 Å². The van der Waals surface area contributed by atoms with Crippen molar-refractivity contribution >= 4 is 29.6 Å². The minimum atomic E-state index is -1.31. The van der Waals surface area contributed by atoms with Gasteiger partial charge in [-0.1, -0.05) is 62.1 Å². The molecule has 2 aromatic rings. The lowest BCUT2D eigenvalue weighted by molar-refractivity contribution is -0.165. The molecule has 4 rings (SSSR count). The summed E-state index contributed by atoms with van der Waals surface area (Å²) < 4.78 is 5.02. The van der Waals surface area contributed by atoms with Crippen LogP contribution in [0.4, 0.5) is 0 Å². The van der Waals surface area contributed by atoms with E-state index < -0.39 is 22.7 Å². The molecule has 2 atom stereocenters. The van der Waals surface area contributed by atoms with Crippen LogP contribution in [0.2, 0.25) is 0 Å². The van der Waals surface area contributed by atoms with Crippen LogP contribution in [-0.2, 0) is 19.1 Å². The SMILES string of the molecule is C=CCOC(=O)C1(C)CCCN(C(=O)c2ccccc2)C1=O.C=CC[C@]1(C)CCCN(C(=O)c2ccccc2)C1=O. The summed E-state index contributed by atoms with van der Waals surface area (Å²) in [5, 5.41) is 0. The normalized spacial score (nSPS) is 22.2. The second-order valence-corrected chi connectivity index (χ2v) is 10.7. The van der Waals surface area contributed by atoms with Gasteiger partial charge in [0.25, 0.3) is 11.8 Å². The molecule has 0 saturated carbocycles. The molecular formula is C33H38N2O6. The molecule has 2 aliphatic rings. The number of hydrogen-bond acceptors (Lipinski definition) is 6. The maximum absolute atomic E-state index is 12.6. The molecule has 0 N–H and O–H groups in total. The molecular weight excluding hydrogens is 520 g/mol. The molecule has 216 valence electrons. The van der Waals surface area contributed by atoms with Gasteiger partial charge in [0, 0.05) is 24.2 Å². The Hall–Kier alpha value is -4.33. The van der Waals surface area contributed by atoms with E-state index in [1.807, 2.05) is 25.1 Å². The number of nitrogens with zero attached hydrogens (tertiary/aromatic N) is 2. The third-order valence-electron chi connectivity index (χ3n) is 7.56. The van der Waals surface area contributed by atoms with Crippen molar-refractivity contribution in [1.29, 1.82) is 0 Å². The molecule has 0 spiro atoms. The summed E-state index contributed by atoms with van der Waals surface area (Å²) in [6.45, 7) is 11.5. The van der Waals surface area contributed by atoms with Crippen LogP contribution in [-0.4, -0.2) is 59.1 Å². The van der Waals surface area contributed by atoms with Gasteiger partial charge in [-0.3, -0.25) is 33.8 Å². The average molecular weight is 559 g/mol. The first kappa shape index (κ1) is 31.2. The number of piperidine rings is 2. The lowest BCUT2D eigenvalue weighted by Crippen LogP contribution is -2.53. The smallest absolute Gasteiger partial charge is 0.321 e. The maximum atomic E-state index is 12.6. The zero-order valence-corrected chi connectivity index (χ0v) is 23.8. The molecule has 1 unspecified atom stereocenters. The van der Waals surface area contributed by atoms with E-state index in [4.69, 9.17) is 4.74 Å². The summed E-state index contributed by atoms with van der Waals surface area (Å²) in [5.74, 6) is -1.76. The van der Waals surface area contributed by atoms with E-state index in [0.29, 0.717) is 43.5 Å². The summed E-state index contributed by atoms with van der Waals surface area (Å²) in [6, 6.07) is 17.5. The first-order chi connectivity index (χ1) is 19.6. The summed E-state index contributed by atoms with van der Waals surface area (Å²) in [7, 11) is 0. The fourth-order valence-corrected chi connectivity index (χ4v) is 5.11. The van der Waals surface area contributed by atoms with Gasteiger partial charge in [-0.25, -0.2) is 0 Å². The zero-order chi connectivity index (χ0) is 30.0. The summed E-state index contributed by atoms with van der Waals surface area (Å²) in [5.41, 5.74) is -0.797. The Labute approximate surface area is 241 Å². The number of esters is 1. The van der Waals surface area contributed by atoms with E-state index in [9.17, 15) is 24.0 Å². The van der Waals surface area contributed by atoms with E-state index in [1.54, 1.807) is 48.5 Å². The summed E-state index contributed by atoms with van der Waals surface area (Å²) in [4.78, 5) is 64.7. The molecule has 2 aromatic carbocycles. The molecule has 8 nitrogen and oxygen atoms in total. The van der Waals surface area contributed by atoms with Crippen LogP contribution in [0.25, 0.3) is 0 Å². The maximum Gasteiger partial charge on any atom is 0.321 e. The van der Waals surface area contributed by atoms with Crippen LogP contribution >= 0.6 is 0 Å². The van der Waals surface area contributed by atoms with Crippen LogP contribution < -0.4 is 0 Å². The highest BCUT2D eigenvalue weighted by molar-refractivity contribution is 6.12. The summed E-state index contributed by atoms with van der Waals surface area (Å²) >= 11 is 0. The molecule has 41 heavy (non-hydrogen) atoms. The van der Waals surface area contributed by atoms with Crippen LogP contribution in [0.5, 0.6) is 0 Å². The Kier molecular flexibility index (Phi) is 10.5. The molecule has 2 fully saturated rings. The number of benzene rings is 2. The number of likely N-dealkylation sites (tertiary alicyclic amines) is 2. The molecule has 0 radical (unpaired) electrons. The number of rotatable bonds is 7. The largest absolute Gasteiger partial charge is 0.461 e. The van der Waals surface area contributed by atoms with Gasteiger partial charge >= 0.3 is 5.97 Å². The first-order valence-corrected chi connectivity index (χ1v) is 13.8. The van der Waals surface area contributed by atoms with Gasteiger partial charge < -0.3 is 4.74 Å². The Balaban J connectivity index is 0.000000228. The number of carbonyl (C=O) groups is 5. The fourth-order valence-electron chi connectivity index (χ4n) is 5.11. The second-order valence-electron chi connectivity index (χ2n) is 10.7. The van der Waals surface area contributed by atoms with Crippen LogP contribution in [0.1, 0.15) is 66.7 Å². The van der Waals surface area contributed by atoms with Crippen LogP contribution in [0.15, 0.2) is 86.0 Å². The fraction of sp³-hybridized carbons (Fsp3) is 0.364. The highest BCUT2D eigenvalue weighted by Gasteiger charge is 2.49. The van der Waals surface area contributed by atoms with Crippen molar-refractivity contribution in [2.45, 2.75) is 46.0 Å². The average Bonchev–Trinajstić information content (AvgIpc) is 2.99. The number of amides is 4. The molecule has 8 heteroatoms.